The zero-order chi connectivity index (χ0) is 18.3. The number of hydrogen-bond donors (Lipinski definition) is 3. The Kier molecular flexibility index (Phi) is 6.47. The SMILES string of the molecule is CCNC(=NCc1cccc(N(C)C)c1)NCC(C)(O)c1ccco1. The highest BCUT2D eigenvalue weighted by Gasteiger charge is 2.26. The van der Waals surface area contributed by atoms with E-state index in [2.05, 4.69) is 38.7 Å². The van der Waals surface area contributed by atoms with Gasteiger partial charge in [0.15, 0.2) is 5.96 Å². The van der Waals surface area contributed by atoms with Gasteiger partial charge in [-0.3, -0.25) is 0 Å². The van der Waals surface area contributed by atoms with Crippen molar-refractivity contribution in [1.82, 2.24) is 10.6 Å². The Morgan fingerprint density at radius 1 is 1.24 bits per heavy atom. The first-order chi connectivity index (χ1) is 11.9. The molecular formula is C19H28N4O2. The van der Waals surface area contributed by atoms with Crippen LogP contribution in [0.3, 0.4) is 0 Å². The Bertz CT molecular complexity index is 678. The van der Waals surface area contributed by atoms with Gasteiger partial charge in [0, 0.05) is 26.3 Å². The molecule has 1 aromatic heterocycles. The molecule has 1 atom stereocenters. The number of guanidine groups is 1. The molecule has 0 amide bonds. The first-order valence-corrected chi connectivity index (χ1v) is 8.47. The summed E-state index contributed by atoms with van der Waals surface area (Å²) >= 11 is 0. The van der Waals surface area contributed by atoms with E-state index in [1.165, 1.54) is 0 Å². The molecule has 0 saturated heterocycles. The second kappa shape index (κ2) is 8.58. The third-order valence-electron chi connectivity index (χ3n) is 3.84. The summed E-state index contributed by atoms with van der Waals surface area (Å²) in [6.07, 6.45) is 1.56. The average Bonchev–Trinajstić information content (AvgIpc) is 3.13. The lowest BCUT2D eigenvalue weighted by Gasteiger charge is -2.22. The van der Waals surface area contributed by atoms with Gasteiger partial charge in [-0.1, -0.05) is 12.1 Å². The van der Waals surface area contributed by atoms with E-state index in [0.29, 0.717) is 24.8 Å². The van der Waals surface area contributed by atoms with Crippen molar-refractivity contribution in [2.75, 3.05) is 32.1 Å². The molecule has 1 heterocycles. The van der Waals surface area contributed by atoms with Crippen molar-refractivity contribution in [3.63, 3.8) is 0 Å². The summed E-state index contributed by atoms with van der Waals surface area (Å²) in [5.41, 5.74) is 1.16. The second-order valence-electron chi connectivity index (χ2n) is 6.36. The zero-order valence-electron chi connectivity index (χ0n) is 15.4. The summed E-state index contributed by atoms with van der Waals surface area (Å²) in [6, 6.07) is 11.8. The van der Waals surface area contributed by atoms with Gasteiger partial charge in [-0.05, 0) is 43.7 Å². The highest BCUT2D eigenvalue weighted by Crippen LogP contribution is 2.19. The fraction of sp³-hybridized carbons (Fsp3) is 0.421. The minimum absolute atomic E-state index is 0.296. The van der Waals surface area contributed by atoms with Crippen LogP contribution in [0.1, 0.15) is 25.2 Å². The average molecular weight is 344 g/mol. The Morgan fingerprint density at radius 3 is 2.68 bits per heavy atom. The molecule has 0 saturated carbocycles. The molecule has 6 nitrogen and oxygen atoms in total. The van der Waals surface area contributed by atoms with Gasteiger partial charge in [0.05, 0.1) is 19.4 Å². The molecule has 25 heavy (non-hydrogen) atoms. The van der Waals surface area contributed by atoms with Gasteiger partial charge in [0.1, 0.15) is 11.4 Å². The quantitative estimate of drug-likeness (QED) is 0.531. The molecule has 136 valence electrons. The summed E-state index contributed by atoms with van der Waals surface area (Å²) < 4.78 is 5.30. The zero-order valence-corrected chi connectivity index (χ0v) is 15.4. The highest BCUT2D eigenvalue weighted by atomic mass is 16.4. The monoisotopic (exact) mass is 344 g/mol. The Morgan fingerprint density at radius 2 is 2.04 bits per heavy atom. The number of rotatable bonds is 7. The van der Waals surface area contributed by atoms with Crippen molar-refractivity contribution in [1.29, 1.82) is 0 Å². The summed E-state index contributed by atoms with van der Waals surface area (Å²) in [5, 5.41) is 16.9. The van der Waals surface area contributed by atoms with Crippen molar-refractivity contribution >= 4 is 11.6 Å². The summed E-state index contributed by atoms with van der Waals surface area (Å²) in [5.74, 6) is 1.18. The van der Waals surface area contributed by atoms with Gasteiger partial charge in [-0.2, -0.15) is 0 Å². The van der Waals surface area contributed by atoms with E-state index < -0.39 is 5.60 Å². The number of aliphatic imine (C=N–C) groups is 1. The molecule has 0 radical (unpaired) electrons. The molecule has 1 unspecified atom stereocenters. The number of benzene rings is 1. The van der Waals surface area contributed by atoms with Crippen LogP contribution in [0.25, 0.3) is 0 Å². The second-order valence-corrected chi connectivity index (χ2v) is 6.36. The molecule has 0 bridgehead atoms. The maximum Gasteiger partial charge on any atom is 0.191 e. The normalized spacial score (nSPS) is 14.0. The van der Waals surface area contributed by atoms with E-state index in [0.717, 1.165) is 17.8 Å². The number of hydrogen-bond acceptors (Lipinski definition) is 4. The number of furan rings is 1. The van der Waals surface area contributed by atoms with Crippen molar-refractivity contribution in [2.45, 2.75) is 26.0 Å². The van der Waals surface area contributed by atoms with Crippen molar-refractivity contribution in [2.24, 2.45) is 4.99 Å². The van der Waals surface area contributed by atoms with Gasteiger partial charge in [-0.15, -0.1) is 0 Å². The van der Waals surface area contributed by atoms with E-state index in [9.17, 15) is 5.11 Å². The van der Waals surface area contributed by atoms with Gasteiger partial charge in [0.2, 0.25) is 0 Å². The van der Waals surface area contributed by atoms with Crippen LogP contribution >= 0.6 is 0 Å². The lowest BCUT2D eigenvalue weighted by molar-refractivity contribution is 0.0386. The molecule has 0 spiro atoms. The van der Waals surface area contributed by atoms with Gasteiger partial charge >= 0.3 is 0 Å². The van der Waals surface area contributed by atoms with Crippen molar-refractivity contribution < 1.29 is 9.52 Å². The molecule has 0 fully saturated rings. The first-order valence-electron chi connectivity index (χ1n) is 8.47. The lowest BCUT2D eigenvalue weighted by Crippen LogP contribution is -2.44. The maximum atomic E-state index is 10.5. The molecule has 6 heteroatoms. The molecule has 3 N–H and O–H groups in total. The number of anilines is 1. The number of aliphatic hydroxyl groups is 1. The van der Waals surface area contributed by atoms with Gasteiger partial charge in [0.25, 0.3) is 0 Å². The van der Waals surface area contributed by atoms with Crippen LogP contribution in [-0.4, -0.2) is 38.3 Å². The van der Waals surface area contributed by atoms with Crippen LogP contribution in [0.2, 0.25) is 0 Å². The van der Waals surface area contributed by atoms with Crippen LogP contribution in [0.15, 0.2) is 52.1 Å². The predicted octanol–water partition coefficient (Wildman–Crippen LogP) is 2.31. The van der Waals surface area contributed by atoms with Crippen molar-refractivity contribution in [3.05, 3.63) is 54.0 Å². The topological polar surface area (TPSA) is 73.0 Å². The fourth-order valence-corrected chi connectivity index (χ4v) is 2.37. The van der Waals surface area contributed by atoms with E-state index in [1.54, 1.807) is 25.3 Å². The molecule has 2 rings (SSSR count). The van der Waals surface area contributed by atoms with Crippen LogP contribution in [0.4, 0.5) is 5.69 Å². The first kappa shape index (κ1) is 18.9. The lowest BCUT2D eigenvalue weighted by atomic mass is 10.0. The van der Waals surface area contributed by atoms with Gasteiger partial charge < -0.3 is 25.1 Å². The Labute approximate surface area is 149 Å². The summed E-state index contributed by atoms with van der Waals surface area (Å²) in [6.45, 7) is 5.31. The standard InChI is InChI=1S/C19H28N4O2/c1-5-20-18(22-14-19(2,24)17-10-7-11-25-17)21-13-15-8-6-9-16(12-15)23(3)4/h6-12,24H,5,13-14H2,1-4H3,(H2,20,21,22). The predicted molar refractivity (Wildman–Crippen MR) is 102 cm³/mol. The molecular weight excluding hydrogens is 316 g/mol. The number of nitrogens with one attached hydrogen (secondary N) is 2. The minimum atomic E-state index is -1.11. The smallest absolute Gasteiger partial charge is 0.191 e. The summed E-state index contributed by atoms with van der Waals surface area (Å²) in [7, 11) is 4.04. The van der Waals surface area contributed by atoms with Crippen LogP contribution in [0, 0.1) is 0 Å². The third-order valence-corrected chi connectivity index (χ3v) is 3.84. The minimum Gasteiger partial charge on any atom is -0.466 e. The molecule has 1 aromatic carbocycles. The van der Waals surface area contributed by atoms with Crippen LogP contribution in [0.5, 0.6) is 0 Å². The molecule has 0 aliphatic carbocycles. The van der Waals surface area contributed by atoms with E-state index in [1.807, 2.05) is 27.1 Å². The van der Waals surface area contributed by atoms with E-state index >= 15 is 0 Å². The fourth-order valence-electron chi connectivity index (χ4n) is 2.37. The van der Waals surface area contributed by atoms with Crippen LogP contribution < -0.4 is 15.5 Å². The van der Waals surface area contributed by atoms with Gasteiger partial charge in [-0.25, -0.2) is 4.99 Å². The Balaban J connectivity index is 2.02. The highest BCUT2D eigenvalue weighted by molar-refractivity contribution is 5.79. The Hall–Kier alpha value is -2.47. The maximum absolute atomic E-state index is 10.5. The van der Waals surface area contributed by atoms with E-state index in [4.69, 9.17) is 4.42 Å². The van der Waals surface area contributed by atoms with Crippen LogP contribution in [-0.2, 0) is 12.1 Å². The third kappa shape index (κ3) is 5.53. The van der Waals surface area contributed by atoms with E-state index in [-0.39, 0.29) is 0 Å². The summed E-state index contributed by atoms with van der Waals surface area (Å²) in [4.78, 5) is 6.67. The largest absolute Gasteiger partial charge is 0.466 e. The molecule has 0 aliphatic heterocycles. The molecule has 2 aromatic rings. The van der Waals surface area contributed by atoms with Crippen molar-refractivity contribution in [3.8, 4) is 0 Å². The molecule has 0 aliphatic rings. The number of nitrogens with zero attached hydrogens (tertiary/aromatic N) is 2.